The predicted octanol–water partition coefficient (Wildman–Crippen LogP) is 2.02. The van der Waals surface area contributed by atoms with Crippen molar-refractivity contribution in [2.24, 2.45) is 17.8 Å². The zero-order valence-corrected chi connectivity index (χ0v) is 16.0. The van der Waals surface area contributed by atoms with Crippen LogP contribution in [0.15, 0.2) is 0 Å². The van der Waals surface area contributed by atoms with Crippen molar-refractivity contribution in [3.05, 3.63) is 0 Å². The summed E-state index contributed by atoms with van der Waals surface area (Å²) in [7, 11) is -3.10. The summed E-state index contributed by atoms with van der Waals surface area (Å²) in [5, 5.41) is 3.21. The van der Waals surface area contributed by atoms with Crippen molar-refractivity contribution >= 4 is 16.1 Å². The minimum absolute atomic E-state index is 0.0926. The molecule has 142 valence electrons. The number of hydrogen-bond acceptors (Lipinski definition) is 3. The number of piperidine rings is 1. The van der Waals surface area contributed by atoms with E-state index in [4.69, 9.17) is 0 Å². The SMILES string of the molecule is CCS(=O)(=O)N1CCC(NC(=O)N2CC3CC4CC(C3)CC2C4)CC1. The van der Waals surface area contributed by atoms with E-state index in [1.54, 1.807) is 11.2 Å². The third-order valence-electron chi connectivity index (χ3n) is 6.91. The summed E-state index contributed by atoms with van der Waals surface area (Å²) >= 11 is 0. The molecule has 2 saturated carbocycles. The first-order chi connectivity index (χ1) is 11.9. The molecule has 0 aromatic rings. The van der Waals surface area contributed by atoms with Gasteiger partial charge in [-0.2, -0.15) is 0 Å². The molecule has 6 nitrogen and oxygen atoms in total. The molecule has 0 aromatic heterocycles. The third-order valence-corrected chi connectivity index (χ3v) is 8.79. The Balaban J connectivity index is 1.34. The molecule has 3 heterocycles. The Kier molecular flexibility index (Phi) is 4.73. The van der Waals surface area contributed by atoms with Gasteiger partial charge < -0.3 is 10.2 Å². The van der Waals surface area contributed by atoms with Crippen molar-refractivity contribution in [1.82, 2.24) is 14.5 Å². The molecule has 4 bridgehead atoms. The second-order valence-electron chi connectivity index (χ2n) is 8.61. The lowest BCUT2D eigenvalue weighted by atomic mass is 9.68. The van der Waals surface area contributed by atoms with Crippen LogP contribution in [0.3, 0.4) is 0 Å². The van der Waals surface area contributed by atoms with Crippen molar-refractivity contribution in [3.63, 3.8) is 0 Å². The fraction of sp³-hybridized carbons (Fsp3) is 0.944. The number of hydrogen-bond donors (Lipinski definition) is 1. The summed E-state index contributed by atoms with van der Waals surface area (Å²) in [6.45, 7) is 3.66. The fourth-order valence-corrected chi connectivity index (χ4v) is 6.88. The fourth-order valence-electron chi connectivity index (χ4n) is 5.75. The maximum absolute atomic E-state index is 12.9. The molecule has 0 radical (unpaired) electrons. The number of nitrogens with one attached hydrogen (secondary N) is 1. The van der Waals surface area contributed by atoms with E-state index >= 15 is 0 Å². The van der Waals surface area contributed by atoms with Gasteiger partial charge in [-0.05, 0) is 69.6 Å². The Bertz CT molecular complexity index is 601. The molecule has 0 aromatic carbocycles. The van der Waals surface area contributed by atoms with Gasteiger partial charge in [-0.25, -0.2) is 17.5 Å². The normalized spacial score (nSPS) is 36.4. The van der Waals surface area contributed by atoms with E-state index in [0.717, 1.165) is 31.2 Å². The molecule has 7 heteroatoms. The summed E-state index contributed by atoms with van der Waals surface area (Å²) in [6, 6.07) is 0.625. The van der Waals surface area contributed by atoms with Crippen LogP contribution in [0, 0.1) is 17.8 Å². The van der Waals surface area contributed by atoms with E-state index in [0.29, 0.717) is 25.0 Å². The molecule has 1 N–H and O–H groups in total. The monoisotopic (exact) mass is 369 g/mol. The van der Waals surface area contributed by atoms with Crippen LogP contribution in [0.25, 0.3) is 0 Å². The van der Waals surface area contributed by atoms with Crippen molar-refractivity contribution in [3.8, 4) is 0 Å². The Labute approximate surface area is 151 Å². The van der Waals surface area contributed by atoms with E-state index in [9.17, 15) is 13.2 Å². The maximum atomic E-state index is 12.9. The maximum Gasteiger partial charge on any atom is 0.317 e. The predicted molar refractivity (Wildman–Crippen MR) is 96.6 cm³/mol. The van der Waals surface area contributed by atoms with Gasteiger partial charge in [0.05, 0.1) is 5.75 Å². The first kappa shape index (κ1) is 17.6. The lowest BCUT2D eigenvalue weighted by Crippen LogP contribution is -2.53. The number of rotatable bonds is 3. The summed E-state index contributed by atoms with van der Waals surface area (Å²) in [6.07, 6.45) is 7.82. The smallest absolute Gasteiger partial charge is 0.317 e. The highest BCUT2D eigenvalue weighted by Crippen LogP contribution is 2.47. The molecular weight excluding hydrogens is 338 g/mol. The molecule has 0 spiro atoms. The van der Waals surface area contributed by atoms with Gasteiger partial charge in [0.1, 0.15) is 0 Å². The van der Waals surface area contributed by atoms with Gasteiger partial charge in [-0.3, -0.25) is 0 Å². The van der Waals surface area contributed by atoms with Crippen molar-refractivity contribution in [1.29, 1.82) is 0 Å². The number of carbonyl (C=O) groups excluding carboxylic acids is 1. The molecule has 2 unspecified atom stereocenters. The van der Waals surface area contributed by atoms with Gasteiger partial charge in [-0.15, -0.1) is 0 Å². The van der Waals surface area contributed by atoms with Gasteiger partial charge in [-0.1, -0.05) is 0 Å². The van der Waals surface area contributed by atoms with Gasteiger partial charge in [0.2, 0.25) is 10.0 Å². The Morgan fingerprint density at radius 2 is 1.60 bits per heavy atom. The van der Waals surface area contributed by atoms with Crippen LogP contribution in [0.4, 0.5) is 4.79 Å². The van der Waals surface area contributed by atoms with Gasteiger partial charge in [0.15, 0.2) is 0 Å². The van der Waals surface area contributed by atoms with Crippen LogP contribution in [0.5, 0.6) is 0 Å². The largest absolute Gasteiger partial charge is 0.335 e. The molecule has 5 rings (SSSR count). The summed E-state index contributed by atoms with van der Waals surface area (Å²) in [4.78, 5) is 15.0. The van der Waals surface area contributed by atoms with E-state index in [1.807, 2.05) is 0 Å². The van der Waals surface area contributed by atoms with Crippen LogP contribution in [-0.4, -0.2) is 61.1 Å². The topological polar surface area (TPSA) is 69.7 Å². The summed E-state index contributed by atoms with van der Waals surface area (Å²) in [5.41, 5.74) is 0. The zero-order chi connectivity index (χ0) is 17.6. The Morgan fingerprint density at radius 1 is 1.00 bits per heavy atom. The second-order valence-corrected chi connectivity index (χ2v) is 10.9. The molecular formula is C18H31N3O3S. The lowest BCUT2D eigenvalue weighted by molar-refractivity contribution is 0.129. The molecule has 25 heavy (non-hydrogen) atoms. The first-order valence-electron chi connectivity index (χ1n) is 9.99. The van der Waals surface area contributed by atoms with Crippen LogP contribution < -0.4 is 5.32 Å². The highest BCUT2D eigenvalue weighted by Gasteiger charge is 2.44. The lowest BCUT2D eigenvalue weighted by Gasteiger charge is -2.39. The highest BCUT2D eigenvalue weighted by atomic mass is 32.2. The molecule has 2 amide bonds. The second kappa shape index (κ2) is 6.72. The number of nitrogens with zero attached hydrogens (tertiary/aromatic N) is 2. The van der Waals surface area contributed by atoms with E-state index in [-0.39, 0.29) is 17.8 Å². The van der Waals surface area contributed by atoms with Gasteiger partial charge in [0.25, 0.3) is 0 Å². The standard InChI is InChI=1S/C18H31N3O3S/c1-2-25(23,24)20-5-3-16(4-6-20)19-18(22)21-12-15-8-13-7-14(9-15)11-17(21)10-13/h13-17H,2-12H2,1H3,(H,19,22). The quantitative estimate of drug-likeness (QED) is 0.827. The van der Waals surface area contributed by atoms with Crippen LogP contribution in [0.1, 0.15) is 51.9 Å². The van der Waals surface area contributed by atoms with Crippen LogP contribution >= 0.6 is 0 Å². The summed E-state index contributed by atoms with van der Waals surface area (Å²) in [5.74, 6) is 2.52. The highest BCUT2D eigenvalue weighted by molar-refractivity contribution is 7.89. The molecule has 5 fully saturated rings. The number of urea groups is 1. The first-order valence-corrected chi connectivity index (χ1v) is 11.6. The van der Waals surface area contributed by atoms with Gasteiger partial charge in [0, 0.05) is 31.7 Å². The van der Waals surface area contributed by atoms with E-state index in [2.05, 4.69) is 10.2 Å². The van der Waals surface area contributed by atoms with Gasteiger partial charge >= 0.3 is 6.03 Å². The van der Waals surface area contributed by atoms with Crippen molar-refractivity contribution < 1.29 is 13.2 Å². The Morgan fingerprint density at radius 3 is 2.20 bits per heavy atom. The minimum atomic E-state index is -3.10. The molecule has 3 aliphatic heterocycles. The molecule has 2 aliphatic carbocycles. The summed E-state index contributed by atoms with van der Waals surface area (Å²) < 4.78 is 25.5. The van der Waals surface area contributed by atoms with Crippen molar-refractivity contribution in [2.75, 3.05) is 25.4 Å². The third kappa shape index (κ3) is 3.54. The van der Waals surface area contributed by atoms with Crippen molar-refractivity contribution in [2.45, 2.75) is 64.0 Å². The van der Waals surface area contributed by atoms with E-state index < -0.39 is 10.0 Å². The minimum Gasteiger partial charge on any atom is -0.335 e. The van der Waals surface area contributed by atoms with E-state index in [1.165, 1.54) is 32.1 Å². The number of carbonyl (C=O) groups is 1. The number of fused-ring (bicyclic) bond motifs is 1. The van der Waals surface area contributed by atoms with Crippen LogP contribution in [-0.2, 0) is 10.0 Å². The average Bonchev–Trinajstić information content (AvgIpc) is 2.79. The molecule has 2 atom stereocenters. The number of sulfonamides is 1. The Hall–Kier alpha value is -0.820. The zero-order valence-electron chi connectivity index (χ0n) is 15.2. The number of amides is 2. The van der Waals surface area contributed by atoms with Crippen LogP contribution in [0.2, 0.25) is 0 Å². The average molecular weight is 370 g/mol. The molecule has 3 saturated heterocycles. The molecule has 5 aliphatic rings.